The van der Waals surface area contributed by atoms with Gasteiger partial charge >= 0.3 is 0 Å². The van der Waals surface area contributed by atoms with Gasteiger partial charge in [0.15, 0.2) is 0 Å². The number of hydrogen-bond donors (Lipinski definition) is 2. The quantitative estimate of drug-likeness (QED) is 0.530. The van der Waals surface area contributed by atoms with Crippen LogP contribution in [-0.2, 0) is 0 Å². The van der Waals surface area contributed by atoms with Crippen LogP contribution in [0.4, 0.5) is 0 Å². The average Bonchev–Trinajstić information content (AvgIpc) is 2.39. The van der Waals surface area contributed by atoms with Crippen LogP contribution in [0.5, 0.6) is 0 Å². The molecule has 52 valence electrons. The van der Waals surface area contributed by atoms with Gasteiger partial charge < -0.3 is 10.8 Å². The minimum atomic E-state index is -0.320. The Hall–Kier alpha value is -0.0800. The zero-order valence-electron chi connectivity index (χ0n) is 5.51. The Kier molecular flexibility index (Phi) is 0.945. The minimum absolute atomic E-state index is 0.288. The van der Waals surface area contributed by atoms with Crippen LogP contribution in [0.15, 0.2) is 0 Å². The van der Waals surface area contributed by atoms with E-state index < -0.39 is 0 Å². The van der Waals surface area contributed by atoms with Crippen LogP contribution in [0.25, 0.3) is 0 Å². The highest BCUT2D eigenvalue weighted by molar-refractivity contribution is 5.05. The molecule has 0 unspecified atom stereocenters. The smallest absolute Gasteiger partial charge is 0.0705 e. The molecule has 2 saturated carbocycles. The van der Waals surface area contributed by atoms with Gasteiger partial charge in [0.25, 0.3) is 0 Å². The molecular formula is C7H13NO. The molecule has 0 aromatic heterocycles. The highest BCUT2D eigenvalue weighted by Crippen LogP contribution is 2.49. The number of hydrogen-bond acceptors (Lipinski definition) is 2. The molecule has 2 aliphatic carbocycles. The van der Waals surface area contributed by atoms with Crippen LogP contribution in [0, 0.1) is 5.92 Å². The molecule has 0 amide bonds. The largest absolute Gasteiger partial charge is 0.389 e. The number of rotatable bonds is 1. The van der Waals surface area contributed by atoms with Crippen molar-refractivity contribution in [2.24, 2.45) is 11.7 Å². The molecule has 0 heterocycles. The first kappa shape index (κ1) is 5.69. The van der Waals surface area contributed by atoms with Gasteiger partial charge in [-0.25, -0.2) is 0 Å². The van der Waals surface area contributed by atoms with Crippen LogP contribution < -0.4 is 5.73 Å². The van der Waals surface area contributed by atoms with E-state index in [2.05, 4.69) is 0 Å². The highest BCUT2D eigenvalue weighted by atomic mass is 16.3. The van der Waals surface area contributed by atoms with Gasteiger partial charge in [-0.05, 0) is 31.6 Å². The Bertz CT molecular complexity index is 125. The van der Waals surface area contributed by atoms with Crippen molar-refractivity contribution in [3.8, 4) is 0 Å². The molecule has 2 rings (SSSR count). The lowest BCUT2D eigenvalue weighted by atomic mass is 9.73. The first-order chi connectivity index (χ1) is 4.21. The maximum Gasteiger partial charge on any atom is 0.0705 e. The Balaban J connectivity index is 1.94. The Morgan fingerprint density at radius 1 is 1.33 bits per heavy atom. The molecule has 2 heteroatoms. The molecule has 2 nitrogen and oxygen atoms in total. The molecule has 2 fully saturated rings. The molecule has 0 atom stereocenters. The maximum absolute atomic E-state index is 9.64. The fourth-order valence-corrected chi connectivity index (χ4v) is 1.80. The van der Waals surface area contributed by atoms with Crippen LogP contribution in [0.3, 0.4) is 0 Å². The van der Waals surface area contributed by atoms with E-state index in [0.29, 0.717) is 5.92 Å². The molecule has 2 aliphatic rings. The lowest BCUT2D eigenvalue weighted by molar-refractivity contribution is -0.0653. The zero-order chi connectivity index (χ0) is 6.48. The predicted octanol–water partition coefficient (Wildman–Crippen LogP) is 0.249. The summed E-state index contributed by atoms with van der Waals surface area (Å²) in [5.74, 6) is 0.609. The lowest BCUT2D eigenvalue weighted by Crippen LogP contribution is -2.52. The van der Waals surface area contributed by atoms with Crippen molar-refractivity contribution in [3.63, 3.8) is 0 Å². The van der Waals surface area contributed by atoms with Crippen LogP contribution in [-0.4, -0.2) is 16.7 Å². The molecule has 3 N–H and O–H groups in total. The second-order valence-electron chi connectivity index (χ2n) is 3.55. The van der Waals surface area contributed by atoms with Crippen molar-refractivity contribution in [3.05, 3.63) is 0 Å². The van der Waals surface area contributed by atoms with Crippen molar-refractivity contribution in [1.29, 1.82) is 0 Å². The summed E-state index contributed by atoms with van der Waals surface area (Å²) >= 11 is 0. The van der Waals surface area contributed by atoms with Crippen molar-refractivity contribution in [1.82, 2.24) is 0 Å². The van der Waals surface area contributed by atoms with Gasteiger partial charge in [-0.3, -0.25) is 0 Å². The second-order valence-corrected chi connectivity index (χ2v) is 3.55. The number of aliphatic hydroxyl groups is 1. The fraction of sp³-hybridized carbons (Fsp3) is 1.00. The SMILES string of the molecule is NC1CC(O)(C2CC2)C1. The van der Waals surface area contributed by atoms with Gasteiger partial charge in [0.05, 0.1) is 5.60 Å². The molecule has 0 bridgehead atoms. The van der Waals surface area contributed by atoms with E-state index in [4.69, 9.17) is 5.73 Å². The van der Waals surface area contributed by atoms with Crippen molar-refractivity contribution < 1.29 is 5.11 Å². The Labute approximate surface area is 55.1 Å². The summed E-state index contributed by atoms with van der Waals surface area (Å²) in [5, 5.41) is 9.64. The van der Waals surface area contributed by atoms with Gasteiger partial charge in [-0.15, -0.1) is 0 Å². The predicted molar refractivity (Wildman–Crippen MR) is 34.9 cm³/mol. The average molecular weight is 127 g/mol. The van der Waals surface area contributed by atoms with Crippen molar-refractivity contribution >= 4 is 0 Å². The number of nitrogens with two attached hydrogens (primary N) is 1. The Morgan fingerprint density at radius 2 is 1.89 bits per heavy atom. The van der Waals surface area contributed by atoms with Crippen LogP contribution >= 0.6 is 0 Å². The molecule has 0 aromatic carbocycles. The molecule has 0 spiro atoms. The van der Waals surface area contributed by atoms with E-state index in [0.717, 1.165) is 12.8 Å². The van der Waals surface area contributed by atoms with Gasteiger partial charge in [-0.1, -0.05) is 0 Å². The van der Waals surface area contributed by atoms with Crippen molar-refractivity contribution in [2.45, 2.75) is 37.3 Å². The van der Waals surface area contributed by atoms with E-state index in [1.54, 1.807) is 0 Å². The molecule has 0 radical (unpaired) electrons. The highest BCUT2D eigenvalue weighted by Gasteiger charge is 2.51. The summed E-state index contributed by atoms with van der Waals surface area (Å²) < 4.78 is 0. The topological polar surface area (TPSA) is 46.2 Å². The fourth-order valence-electron chi connectivity index (χ4n) is 1.80. The molecule has 0 aliphatic heterocycles. The minimum Gasteiger partial charge on any atom is -0.389 e. The summed E-state index contributed by atoms with van der Waals surface area (Å²) in [6, 6.07) is 0.288. The first-order valence-corrected chi connectivity index (χ1v) is 3.69. The van der Waals surface area contributed by atoms with E-state index in [1.807, 2.05) is 0 Å². The summed E-state index contributed by atoms with van der Waals surface area (Å²) in [7, 11) is 0. The summed E-state index contributed by atoms with van der Waals surface area (Å²) in [6.45, 7) is 0. The third-order valence-corrected chi connectivity index (χ3v) is 2.57. The van der Waals surface area contributed by atoms with E-state index >= 15 is 0 Å². The third kappa shape index (κ3) is 0.775. The van der Waals surface area contributed by atoms with E-state index in [9.17, 15) is 5.11 Å². The summed E-state index contributed by atoms with van der Waals surface area (Å²) in [5.41, 5.74) is 5.24. The molecule has 9 heavy (non-hydrogen) atoms. The summed E-state index contributed by atoms with van der Waals surface area (Å²) in [6.07, 6.45) is 4.14. The monoisotopic (exact) mass is 127 g/mol. The van der Waals surface area contributed by atoms with E-state index in [-0.39, 0.29) is 11.6 Å². The van der Waals surface area contributed by atoms with Crippen LogP contribution in [0.1, 0.15) is 25.7 Å². The van der Waals surface area contributed by atoms with Gasteiger partial charge in [0, 0.05) is 6.04 Å². The first-order valence-electron chi connectivity index (χ1n) is 3.69. The summed E-state index contributed by atoms with van der Waals surface area (Å²) in [4.78, 5) is 0. The molecule has 0 saturated heterocycles. The zero-order valence-corrected chi connectivity index (χ0v) is 5.51. The second kappa shape index (κ2) is 1.50. The Morgan fingerprint density at radius 3 is 2.22 bits per heavy atom. The normalized spacial score (nSPS) is 50.7. The standard InChI is InChI=1S/C7H13NO/c8-6-3-7(9,4-6)5-1-2-5/h5-6,9H,1-4,8H2. The van der Waals surface area contributed by atoms with E-state index in [1.165, 1.54) is 12.8 Å². The third-order valence-electron chi connectivity index (χ3n) is 2.57. The van der Waals surface area contributed by atoms with Crippen LogP contribution in [0.2, 0.25) is 0 Å². The lowest BCUT2D eigenvalue weighted by Gasteiger charge is -2.42. The van der Waals surface area contributed by atoms with Crippen molar-refractivity contribution in [2.75, 3.05) is 0 Å². The molecule has 0 aromatic rings. The van der Waals surface area contributed by atoms with Gasteiger partial charge in [0.1, 0.15) is 0 Å². The maximum atomic E-state index is 9.64. The molecular weight excluding hydrogens is 114 g/mol. The van der Waals surface area contributed by atoms with Gasteiger partial charge in [-0.2, -0.15) is 0 Å². The van der Waals surface area contributed by atoms with Gasteiger partial charge in [0.2, 0.25) is 0 Å².